The van der Waals surface area contributed by atoms with Gasteiger partial charge in [0.05, 0.1) is 11.5 Å². The van der Waals surface area contributed by atoms with Crippen molar-refractivity contribution in [3.63, 3.8) is 0 Å². The van der Waals surface area contributed by atoms with Crippen LogP contribution in [0.3, 0.4) is 0 Å². The van der Waals surface area contributed by atoms with E-state index in [1.165, 1.54) is 30.1 Å². The van der Waals surface area contributed by atoms with E-state index >= 15 is 0 Å². The van der Waals surface area contributed by atoms with E-state index in [2.05, 4.69) is 0 Å². The zero-order valence-corrected chi connectivity index (χ0v) is 11.2. The van der Waals surface area contributed by atoms with Crippen molar-refractivity contribution in [2.45, 2.75) is 6.04 Å². The molecule has 0 saturated heterocycles. The molecule has 0 fully saturated rings. The topological polar surface area (TPSA) is 113 Å². The molecule has 2 N–H and O–H groups in total. The second kappa shape index (κ2) is 7.17. The Morgan fingerprint density at radius 1 is 1.48 bits per heavy atom. The minimum Gasteiger partial charge on any atom is -0.480 e. The summed E-state index contributed by atoms with van der Waals surface area (Å²) in [7, 11) is 1.44. The van der Waals surface area contributed by atoms with Gasteiger partial charge in [-0.1, -0.05) is 12.1 Å². The van der Waals surface area contributed by atoms with E-state index in [4.69, 9.17) is 5.11 Å². The van der Waals surface area contributed by atoms with Crippen molar-refractivity contribution in [2.24, 2.45) is 0 Å². The van der Waals surface area contributed by atoms with Gasteiger partial charge in [0, 0.05) is 13.1 Å². The first-order chi connectivity index (χ1) is 9.86. The maximum absolute atomic E-state index is 12.4. The Hall–Kier alpha value is -2.71. The highest BCUT2D eigenvalue weighted by Crippen LogP contribution is 2.26. The predicted octanol–water partition coefficient (Wildman–Crippen LogP) is 0.570. The first kappa shape index (κ1) is 16.3. The van der Waals surface area contributed by atoms with Crippen LogP contribution >= 0.6 is 0 Å². The van der Waals surface area contributed by atoms with Crippen molar-refractivity contribution in [3.05, 3.63) is 34.4 Å². The number of hydrogen-bond acceptors (Lipinski definition) is 5. The Morgan fingerprint density at radius 3 is 2.62 bits per heavy atom. The minimum absolute atomic E-state index is 0.187. The fourth-order valence-electron chi connectivity index (χ4n) is 1.65. The molecule has 0 aromatic heterocycles. The molecule has 1 amide bonds. The summed E-state index contributed by atoms with van der Waals surface area (Å²) in [4.78, 5) is 33.8. The van der Waals surface area contributed by atoms with Crippen LogP contribution in [0.25, 0.3) is 0 Å². The molecule has 0 aliphatic carbocycles. The van der Waals surface area contributed by atoms with Gasteiger partial charge in [0.15, 0.2) is 6.04 Å². The van der Waals surface area contributed by atoms with E-state index in [9.17, 15) is 24.1 Å². The molecule has 1 unspecified atom stereocenters. The number of hydrogen-bond donors (Lipinski definition) is 2. The molecular weight excluding hydrogens is 285 g/mol. The summed E-state index contributed by atoms with van der Waals surface area (Å²) in [6, 6.07) is 4.16. The Morgan fingerprint density at radius 2 is 2.10 bits per heavy atom. The third-order valence-electron chi connectivity index (χ3n) is 2.66. The highest BCUT2D eigenvalue weighted by molar-refractivity contribution is 5.87. The lowest BCUT2D eigenvalue weighted by atomic mass is 10.2. The van der Waals surface area contributed by atoms with Gasteiger partial charge in [-0.3, -0.25) is 14.9 Å². The lowest BCUT2D eigenvalue weighted by Gasteiger charge is -2.19. The standard InChI is InChI=1S/C12H14FN3O5/c1-15(7-11(17)14-8(6-13)12(18)19)9-4-2-3-5-10(9)16(20)21/h2-5,8H,6-7H2,1H3,(H,14,17)(H,18,19). The van der Waals surface area contributed by atoms with Crippen LogP contribution in [0, 0.1) is 10.1 Å². The average molecular weight is 299 g/mol. The fourth-order valence-corrected chi connectivity index (χ4v) is 1.65. The van der Waals surface area contributed by atoms with Gasteiger partial charge in [0.1, 0.15) is 12.4 Å². The van der Waals surface area contributed by atoms with Gasteiger partial charge in [0.2, 0.25) is 5.91 Å². The van der Waals surface area contributed by atoms with Crippen LogP contribution in [0.2, 0.25) is 0 Å². The van der Waals surface area contributed by atoms with Gasteiger partial charge < -0.3 is 15.3 Å². The van der Waals surface area contributed by atoms with Crippen LogP contribution in [0.1, 0.15) is 0 Å². The summed E-state index contributed by atoms with van der Waals surface area (Å²) in [5, 5.41) is 21.5. The average Bonchev–Trinajstić information content (AvgIpc) is 2.44. The molecule has 0 aliphatic heterocycles. The molecule has 114 valence electrons. The second-order valence-electron chi connectivity index (χ2n) is 4.21. The summed E-state index contributed by atoms with van der Waals surface area (Å²) >= 11 is 0. The maximum atomic E-state index is 12.4. The molecule has 21 heavy (non-hydrogen) atoms. The van der Waals surface area contributed by atoms with Crippen molar-refractivity contribution in [3.8, 4) is 0 Å². The fraction of sp³-hybridized carbons (Fsp3) is 0.333. The van der Waals surface area contributed by atoms with E-state index in [1.807, 2.05) is 5.32 Å². The number of alkyl halides is 1. The zero-order valence-electron chi connectivity index (χ0n) is 11.2. The summed E-state index contributed by atoms with van der Waals surface area (Å²) in [6.07, 6.45) is 0. The summed E-state index contributed by atoms with van der Waals surface area (Å²) in [6.45, 7) is -1.58. The number of anilines is 1. The van der Waals surface area contributed by atoms with Crippen molar-refractivity contribution >= 4 is 23.3 Å². The van der Waals surface area contributed by atoms with Crippen molar-refractivity contribution in [2.75, 3.05) is 25.2 Å². The smallest absolute Gasteiger partial charge is 0.328 e. The number of nitrogens with one attached hydrogen (secondary N) is 1. The zero-order chi connectivity index (χ0) is 16.0. The summed E-state index contributed by atoms with van der Waals surface area (Å²) < 4.78 is 12.4. The molecule has 1 atom stereocenters. The summed E-state index contributed by atoms with van der Waals surface area (Å²) in [5.74, 6) is -2.24. The molecular formula is C12H14FN3O5. The van der Waals surface area contributed by atoms with Crippen LogP contribution in [0.5, 0.6) is 0 Å². The van der Waals surface area contributed by atoms with Gasteiger partial charge in [-0.15, -0.1) is 0 Å². The SMILES string of the molecule is CN(CC(=O)NC(CF)C(=O)O)c1ccccc1[N+](=O)[O-]. The Bertz CT molecular complexity index is 551. The molecule has 0 bridgehead atoms. The van der Waals surface area contributed by atoms with E-state index in [0.29, 0.717) is 0 Å². The molecule has 1 rings (SSSR count). The number of nitro groups is 1. The number of carboxylic acids is 1. The van der Waals surface area contributed by atoms with E-state index in [1.54, 1.807) is 6.07 Å². The number of para-hydroxylation sites is 2. The highest BCUT2D eigenvalue weighted by atomic mass is 19.1. The molecule has 9 heteroatoms. The number of halogens is 1. The number of carboxylic acid groups (broad SMARTS) is 1. The van der Waals surface area contributed by atoms with Crippen LogP contribution in [-0.2, 0) is 9.59 Å². The number of carbonyl (C=O) groups excluding carboxylic acids is 1. The number of likely N-dealkylation sites (N-methyl/N-ethyl adjacent to an activating group) is 1. The number of benzene rings is 1. The third-order valence-corrected chi connectivity index (χ3v) is 2.66. The predicted molar refractivity (Wildman–Crippen MR) is 71.9 cm³/mol. The molecule has 1 aromatic rings. The van der Waals surface area contributed by atoms with Crippen LogP contribution < -0.4 is 10.2 Å². The van der Waals surface area contributed by atoms with Gasteiger partial charge >= 0.3 is 5.97 Å². The molecule has 0 heterocycles. The Balaban J connectivity index is 2.77. The minimum atomic E-state index is -1.63. The maximum Gasteiger partial charge on any atom is 0.328 e. The quantitative estimate of drug-likeness (QED) is 0.562. The Labute approximate surface area is 119 Å². The van der Waals surface area contributed by atoms with E-state index in [-0.39, 0.29) is 17.9 Å². The van der Waals surface area contributed by atoms with E-state index in [0.717, 1.165) is 0 Å². The van der Waals surface area contributed by atoms with Crippen LogP contribution in [-0.4, -0.2) is 48.2 Å². The summed E-state index contributed by atoms with van der Waals surface area (Å²) in [5.41, 5.74) is 0.0119. The first-order valence-electron chi connectivity index (χ1n) is 5.89. The normalized spacial score (nSPS) is 11.5. The Kier molecular flexibility index (Phi) is 5.58. The van der Waals surface area contributed by atoms with Crippen molar-refractivity contribution < 1.29 is 24.0 Å². The number of aliphatic carboxylic acids is 1. The number of nitro benzene ring substituents is 1. The molecule has 8 nitrogen and oxygen atoms in total. The first-order valence-corrected chi connectivity index (χ1v) is 5.89. The van der Waals surface area contributed by atoms with Gasteiger partial charge in [-0.2, -0.15) is 0 Å². The largest absolute Gasteiger partial charge is 0.480 e. The molecule has 1 aromatic carbocycles. The van der Waals surface area contributed by atoms with Crippen LogP contribution in [0.15, 0.2) is 24.3 Å². The van der Waals surface area contributed by atoms with E-state index < -0.39 is 29.5 Å². The number of nitrogens with zero attached hydrogens (tertiary/aromatic N) is 2. The lowest BCUT2D eigenvalue weighted by molar-refractivity contribution is -0.384. The van der Waals surface area contributed by atoms with Gasteiger partial charge in [-0.25, -0.2) is 9.18 Å². The van der Waals surface area contributed by atoms with Gasteiger partial charge in [0.25, 0.3) is 5.69 Å². The monoisotopic (exact) mass is 299 g/mol. The van der Waals surface area contributed by atoms with Crippen molar-refractivity contribution in [1.29, 1.82) is 0 Å². The molecule has 0 radical (unpaired) electrons. The van der Waals surface area contributed by atoms with Gasteiger partial charge in [-0.05, 0) is 6.07 Å². The van der Waals surface area contributed by atoms with Crippen LogP contribution in [0.4, 0.5) is 15.8 Å². The lowest BCUT2D eigenvalue weighted by Crippen LogP contribution is -2.46. The molecule has 0 aliphatic rings. The number of carbonyl (C=O) groups is 2. The van der Waals surface area contributed by atoms with Crippen molar-refractivity contribution in [1.82, 2.24) is 5.32 Å². The molecule has 0 spiro atoms. The highest BCUT2D eigenvalue weighted by Gasteiger charge is 2.22. The number of amides is 1. The third kappa shape index (κ3) is 4.41. The number of rotatable bonds is 7. The molecule has 0 saturated carbocycles. The second-order valence-corrected chi connectivity index (χ2v) is 4.21.